The first-order valence-corrected chi connectivity index (χ1v) is 8.91. The Morgan fingerprint density at radius 1 is 1.24 bits per heavy atom. The molecule has 2 aliphatic rings. The Balaban J connectivity index is 1.88. The molecule has 0 aliphatic carbocycles. The Kier molecular flexibility index (Phi) is 5.20. The molecule has 9 heteroatoms. The van der Waals surface area contributed by atoms with Crippen LogP contribution in [0.4, 0.5) is 0 Å². The molecule has 4 atom stereocenters. The fraction of sp³-hybridized carbons (Fsp3) is 0.917. The standard InChI is InChI=1S/C12H22N2O6S/c1-21(18,19)13-7-9-12(17)11(16)8(20-9)6-10(15)14-4-2-3-5-14/h8-9,11-13,16-17H,2-7H2,1H3/t8-,9+,11-,12+/m0/s1. The van der Waals surface area contributed by atoms with Crippen LogP contribution in [0.25, 0.3) is 0 Å². The van der Waals surface area contributed by atoms with Gasteiger partial charge in [0.15, 0.2) is 0 Å². The van der Waals surface area contributed by atoms with Crippen LogP contribution < -0.4 is 4.72 Å². The molecule has 21 heavy (non-hydrogen) atoms. The lowest BCUT2D eigenvalue weighted by atomic mass is 10.1. The molecule has 8 nitrogen and oxygen atoms in total. The van der Waals surface area contributed by atoms with Crippen LogP contribution in [0.2, 0.25) is 0 Å². The van der Waals surface area contributed by atoms with Crippen LogP contribution in [0.3, 0.4) is 0 Å². The average molecular weight is 322 g/mol. The monoisotopic (exact) mass is 322 g/mol. The van der Waals surface area contributed by atoms with E-state index in [9.17, 15) is 23.4 Å². The summed E-state index contributed by atoms with van der Waals surface area (Å²) in [6, 6.07) is 0. The van der Waals surface area contributed by atoms with Gasteiger partial charge in [0.1, 0.15) is 18.3 Å². The van der Waals surface area contributed by atoms with E-state index >= 15 is 0 Å². The first-order chi connectivity index (χ1) is 9.78. The van der Waals surface area contributed by atoms with Crippen LogP contribution in [-0.2, 0) is 19.6 Å². The number of carbonyl (C=O) groups excluding carboxylic acids is 1. The maximum Gasteiger partial charge on any atom is 0.225 e. The van der Waals surface area contributed by atoms with Crippen LogP contribution in [0.15, 0.2) is 0 Å². The number of rotatable bonds is 5. The maximum absolute atomic E-state index is 12.0. The third-order valence-electron chi connectivity index (χ3n) is 3.84. The highest BCUT2D eigenvalue weighted by molar-refractivity contribution is 7.88. The van der Waals surface area contributed by atoms with Gasteiger partial charge in [-0.3, -0.25) is 4.79 Å². The molecule has 0 unspecified atom stereocenters. The number of amides is 1. The third kappa shape index (κ3) is 4.36. The van der Waals surface area contributed by atoms with Crippen molar-refractivity contribution in [3.8, 4) is 0 Å². The first kappa shape index (κ1) is 16.6. The maximum atomic E-state index is 12.0. The van der Waals surface area contributed by atoms with E-state index in [0.29, 0.717) is 13.1 Å². The van der Waals surface area contributed by atoms with Crippen LogP contribution in [0.5, 0.6) is 0 Å². The summed E-state index contributed by atoms with van der Waals surface area (Å²) in [4.78, 5) is 13.7. The minimum atomic E-state index is -3.40. The smallest absolute Gasteiger partial charge is 0.225 e. The van der Waals surface area contributed by atoms with Crippen molar-refractivity contribution in [2.45, 2.75) is 43.7 Å². The van der Waals surface area contributed by atoms with E-state index in [0.717, 1.165) is 19.1 Å². The molecular formula is C12H22N2O6S. The molecule has 0 radical (unpaired) electrons. The molecule has 122 valence electrons. The Morgan fingerprint density at radius 3 is 2.38 bits per heavy atom. The number of hydrogen-bond acceptors (Lipinski definition) is 6. The molecule has 2 saturated heterocycles. The molecule has 0 saturated carbocycles. The number of ether oxygens (including phenoxy) is 1. The van der Waals surface area contributed by atoms with Crippen molar-refractivity contribution in [1.82, 2.24) is 9.62 Å². The molecule has 0 spiro atoms. The summed E-state index contributed by atoms with van der Waals surface area (Å²) in [5, 5.41) is 19.8. The van der Waals surface area contributed by atoms with Gasteiger partial charge in [-0.1, -0.05) is 0 Å². The minimum absolute atomic E-state index is 0.00635. The number of aliphatic hydroxyl groups excluding tert-OH is 2. The fourth-order valence-corrected chi connectivity index (χ4v) is 3.13. The second-order valence-corrected chi connectivity index (χ2v) is 7.44. The van der Waals surface area contributed by atoms with Crippen molar-refractivity contribution in [1.29, 1.82) is 0 Å². The lowest BCUT2D eigenvalue weighted by Gasteiger charge is -2.19. The van der Waals surface area contributed by atoms with Crippen LogP contribution in [0.1, 0.15) is 19.3 Å². The van der Waals surface area contributed by atoms with E-state index < -0.39 is 34.4 Å². The topological polar surface area (TPSA) is 116 Å². The Labute approximate surface area is 124 Å². The molecule has 2 rings (SSSR count). The molecule has 0 aromatic rings. The largest absolute Gasteiger partial charge is 0.388 e. The van der Waals surface area contributed by atoms with Gasteiger partial charge in [-0.2, -0.15) is 0 Å². The number of likely N-dealkylation sites (tertiary alicyclic amines) is 1. The average Bonchev–Trinajstić information content (AvgIpc) is 3.00. The summed E-state index contributed by atoms with van der Waals surface area (Å²) in [6.07, 6.45) is -1.12. The van der Waals surface area contributed by atoms with Crippen molar-refractivity contribution in [2.75, 3.05) is 25.9 Å². The van der Waals surface area contributed by atoms with Gasteiger partial charge in [0.25, 0.3) is 0 Å². The Morgan fingerprint density at radius 2 is 1.81 bits per heavy atom. The van der Waals surface area contributed by atoms with E-state index in [-0.39, 0.29) is 18.9 Å². The molecule has 2 heterocycles. The normalized spacial score (nSPS) is 33.6. The van der Waals surface area contributed by atoms with Gasteiger partial charge >= 0.3 is 0 Å². The molecule has 0 aromatic heterocycles. The highest BCUT2D eigenvalue weighted by Crippen LogP contribution is 2.24. The number of sulfonamides is 1. The number of nitrogens with zero attached hydrogens (tertiary/aromatic N) is 1. The minimum Gasteiger partial charge on any atom is -0.388 e. The van der Waals surface area contributed by atoms with Crippen molar-refractivity contribution >= 4 is 15.9 Å². The van der Waals surface area contributed by atoms with E-state index in [1.807, 2.05) is 0 Å². The summed E-state index contributed by atoms with van der Waals surface area (Å²) in [6.45, 7) is 1.29. The van der Waals surface area contributed by atoms with Gasteiger partial charge in [-0.25, -0.2) is 13.1 Å². The first-order valence-electron chi connectivity index (χ1n) is 7.02. The molecule has 2 aliphatic heterocycles. The lowest BCUT2D eigenvalue weighted by molar-refractivity contribution is -0.134. The zero-order valence-corrected chi connectivity index (χ0v) is 12.8. The van der Waals surface area contributed by atoms with E-state index in [1.165, 1.54) is 0 Å². The molecule has 0 bridgehead atoms. The zero-order chi connectivity index (χ0) is 15.6. The molecule has 1 amide bonds. The third-order valence-corrected chi connectivity index (χ3v) is 4.53. The summed E-state index contributed by atoms with van der Waals surface area (Å²) in [5.74, 6) is -0.111. The summed E-state index contributed by atoms with van der Waals surface area (Å²) in [7, 11) is -3.40. The van der Waals surface area contributed by atoms with E-state index in [1.54, 1.807) is 4.90 Å². The van der Waals surface area contributed by atoms with Gasteiger partial charge in [0.05, 0.1) is 18.8 Å². The SMILES string of the molecule is CS(=O)(=O)NC[C@H]1O[C@@H](CC(=O)N2CCCC2)[C@H](O)[C@@H]1O. The molecular weight excluding hydrogens is 300 g/mol. The number of aliphatic hydroxyl groups is 2. The predicted molar refractivity (Wildman–Crippen MR) is 74.0 cm³/mol. The van der Waals surface area contributed by atoms with Crippen molar-refractivity contribution in [2.24, 2.45) is 0 Å². The number of carbonyl (C=O) groups is 1. The number of hydrogen-bond donors (Lipinski definition) is 3. The zero-order valence-electron chi connectivity index (χ0n) is 11.9. The van der Waals surface area contributed by atoms with Crippen LogP contribution in [0, 0.1) is 0 Å². The van der Waals surface area contributed by atoms with Crippen molar-refractivity contribution < 1.29 is 28.2 Å². The predicted octanol–water partition coefficient (Wildman–Crippen LogP) is -1.96. The van der Waals surface area contributed by atoms with Gasteiger partial charge in [-0.05, 0) is 12.8 Å². The van der Waals surface area contributed by atoms with Crippen LogP contribution in [-0.4, -0.2) is 79.7 Å². The summed E-state index contributed by atoms with van der Waals surface area (Å²) in [5.41, 5.74) is 0. The molecule has 3 N–H and O–H groups in total. The van der Waals surface area contributed by atoms with Gasteiger partial charge in [0.2, 0.25) is 15.9 Å². The van der Waals surface area contributed by atoms with Crippen molar-refractivity contribution in [3.63, 3.8) is 0 Å². The van der Waals surface area contributed by atoms with Gasteiger partial charge < -0.3 is 19.8 Å². The quantitative estimate of drug-likeness (QED) is 0.541. The summed E-state index contributed by atoms with van der Waals surface area (Å²) < 4.78 is 29.7. The Hall–Kier alpha value is -0.740. The second kappa shape index (κ2) is 6.57. The van der Waals surface area contributed by atoms with Crippen LogP contribution >= 0.6 is 0 Å². The van der Waals surface area contributed by atoms with E-state index in [4.69, 9.17) is 4.74 Å². The molecule has 2 fully saturated rings. The molecule has 0 aromatic carbocycles. The van der Waals surface area contributed by atoms with Gasteiger partial charge in [-0.15, -0.1) is 0 Å². The summed E-state index contributed by atoms with van der Waals surface area (Å²) >= 11 is 0. The highest BCUT2D eigenvalue weighted by atomic mass is 32.2. The highest BCUT2D eigenvalue weighted by Gasteiger charge is 2.43. The lowest BCUT2D eigenvalue weighted by Crippen LogP contribution is -2.39. The second-order valence-electron chi connectivity index (χ2n) is 5.61. The van der Waals surface area contributed by atoms with Crippen molar-refractivity contribution in [3.05, 3.63) is 0 Å². The Bertz CT molecular complexity index is 476. The van der Waals surface area contributed by atoms with Gasteiger partial charge in [0, 0.05) is 19.6 Å². The van der Waals surface area contributed by atoms with E-state index in [2.05, 4.69) is 4.72 Å². The number of nitrogens with one attached hydrogen (secondary N) is 1. The fourth-order valence-electron chi connectivity index (χ4n) is 2.66.